The average molecular weight is 377 g/mol. The number of amides is 1. The van der Waals surface area contributed by atoms with E-state index in [1.165, 1.54) is 28.2 Å². The van der Waals surface area contributed by atoms with Crippen LogP contribution in [0.2, 0.25) is 0 Å². The molecule has 0 aliphatic rings. The van der Waals surface area contributed by atoms with Crippen LogP contribution in [0.5, 0.6) is 0 Å². The zero-order valence-electron chi connectivity index (χ0n) is 14.1. The molecule has 2 aromatic carbocycles. The van der Waals surface area contributed by atoms with Gasteiger partial charge in [-0.3, -0.25) is 10.1 Å². The number of thiazole rings is 1. The summed E-state index contributed by atoms with van der Waals surface area (Å²) in [5.41, 5.74) is 4.23. The number of anilines is 1. The number of benzene rings is 2. The average Bonchev–Trinajstić information content (AvgIpc) is 3.33. The Balaban J connectivity index is 1.75. The van der Waals surface area contributed by atoms with E-state index in [1.807, 2.05) is 35.7 Å². The third-order valence-corrected chi connectivity index (χ3v) is 5.84. The van der Waals surface area contributed by atoms with E-state index in [4.69, 9.17) is 4.98 Å². The van der Waals surface area contributed by atoms with Crippen LogP contribution in [-0.2, 0) is 0 Å². The quantitative estimate of drug-likeness (QED) is 0.467. The number of thiophene rings is 1. The molecule has 0 bridgehead atoms. The Labute approximate surface area is 160 Å². The number of carbonyl (C=O) groups is 1. The van der Waals surface area contributed by atoms with E-state index in [2.05, 4.69) is 48.6 Å². The smallest absolute Gasteiger partial charge is 0.267 e. The zero-order chi connectivity index (χ0) is 17.9. The van der Waals surface area contributed by atoms with E-state index in [-0.39, 0.29) is 5.91 Å². The van der Waals surface area contributed by atoms with E-state index in [0.29, 0.717) is 10.0 Å². The van der Waals surface area contributed by atoms with Gasteiger partial charge in [-0.25, -0.2) is 4.98 Å². The summed E-state index contributed by atoms with van der Waals surface area (Å²) in [6.45, 7) is 2.07. The summed E-state index contributed by atoms with van der Waals surface area (Å²) in [6, 6.07) is 22.1. The van der Waals surface area contributed by atoms with Crippen LogP contribution in [0.3, 0.4) is 0 Å². The third-order valence-electron chi connectivity index (χ3n) is 3.95. The van der Waals surface area contributed by atoms with Crippen LogP contribution in [0.4, 0.5) is 5.13 Å². The first-order valence-corrected chi connectivity index (χ1v) is 9.88. The van der Waals surface area contributed by atoms with Crippen LogP contribution >= 0.6 is 22.7 Å². The highest BCUT2D eigenvalue weighted by atomic mass is 32.1. The van der Waals surface area contributed by atoms with Gasteiger partial charge in [0.25, 0.3) is 5.91 Å². The Morgan fingerprint density at radius 1 is 0.923 bits per heavy atom. The first-order valence-electron chi connectivity index (χ1n) is 8.19. The molecule has 0 saturated carbocycles. The summed E-state index contributed by atoms with van der Waals surface area (Å²) in [7, 11) is 0. The molecular formula is C21H16N2OS2. The fourth-order valence-electron chi connectivity index (χ4n) is 2.63. The minimum atomic E-state index is -0.121. The third kappa shape index (κ3) is 3.45. The van der Waals surface area contributed by atoms with Crippen molar-refractivity contribution in [2.45, 2.75) is 6.92 Å². The van der Waals surface area contributed by atoms with Gasteiger partial charge in [0.05, 0.1) is 15.4 Å². The monoisotopic (exact) mass is 376 g/mol. The van der Waals surface area contributed by atoms with E-state index in [9.17, 15) is 4.79 Å². The highest BCUT2D eigenvalue weighted by molar-refractivity contribution is 7.19. The van der Waals surface area contributed by atoms with E-state index in [0.717, 1.165) is 21.7 Å². The van der Waals surface area contributed by atoms with Crippen LogP contribution in [0.15, 0.2) is 72.1 Å². The van der Waals surface area contributed by atoms with Crippen molar-refractivity contribution >= 4 is 33.7 Å². The fourth-order valence-corrected chi connectivity index (χ4v) is 4.24. The fraction of sp³-hybridized carbons (Fsp3) is 0.0476. The maximum absolute atomic E-state index is 12.4. The van der Waals surface area contributed by atoms with Gasteiger partial charge in [-0.15, -0.1) is 11.3 Å². The van der Waals surface area contributed by atoms with Gasteiger partial charge < -0.3 is 0 Å². The number of nitrogens with zero attached hydrogens (tertiary/aromatic N) is 1. The van der Waals surface area contributed by atoms with E-state index < -0.39 is 0 Å². The molecule has 5 heteroatoms. The van der Waals surface area contributed by atoms with Crippen LogP contribution in [0, 0.1) is 6.92 Å². The van der Waals surface area contributed by atoms with E-state index in [1.54, 1.807) is 0 Å². The predicted octanol–water partition coefficient (Wildman–Crippen LogP) is 6.10. The van der Waals surface area contributed by atoms with Gasteiger partial charge in [0.2, 0.25) is 0 Å². The maximum Gasteiger partial charge on any atom is 0.267 e. The van der Waals surface area contributed by atoms with Crippen LogP contribution in [0.1, 0.15) is 15.2 Å². The minimum absolute atomic E-state index is 0.121. The largest absolute Gasteiger partial charge is 0.297 e. The molecule has 1 N–H and O–H groups in total. The highest BCUT2D eigenvalue weighted by Gasteiger charge is 2.17. The molecule has 4 aromatic rings. The Kier molecular flexibility index (Phi) is 4.65. The van der Waals surface area contributed by atoms with Crippen LogP contribution < -0.4 is 5.32 Å². The summed E-state index contributed by atoms with van der Waals surface area (Å²) in [6.07, 6.45) is 0. The van der Waals surface area contributed by atoms with Gasteiger partial charge >= 0.3 is 0 Å². The second kappa shape index (κ2) is 7.23. The molecule has 2 aromatic heterocycles. The van der Waals surface area contributed by atoms with Gasteiger partial charge in [0.1, 0.15) is 0 Å². The van der Waals surface area contributed by atoms with Crippen molar-refractivity contribution in [3.63, 3.8) is 0 Å². The molecule has 26 heavy (non-hydrogen) atoms. The van der Waals surface area contributed by atoms with Crippen LogP contribution in [-0.4, -0.2) is 10.9 Å². The molecule has 0 unspecified atom stereocenters. The Morgan fingerprint density at radius 2 is 1.69 bits per heavy atom. The molecule has 0 spiro atoms. The summed E-state index contributed by atoms with van der Waals surface area (Å²) >= 11 is 2.92. The lowest BCUT2D eigenvalue weighted by Crippen LogP contribution is -2.09. The highest BCUT2D eigenvalue weighted by Crippen LogP contribution is 2.39. The molecule has 0 radical (unpaired) electrons. The molecule has 2 heterocycles. The number of rotatable bonds is 4. The zero-order valence-corrected chi connectivity index (χ0v) is 15.7. The first-order chi connectivity index (χ1) is 12.7. The number of aromatic nitrogens is 1. The molecule has 1 amide bonds. The van der Waals surface area contributed by atoms with Crippen molar-refractivity contribution in [2.24, 2.45) is 0 Å². The topological polar surface area (TPSA) is 42.0 Å². The second-order valence-electron chi connectivity index (χ2n) is 5.86. The standard InChI is InChI=1S/C21H16N2OS2/c1-14-9-11-15(12-10-14)18-19(16-6-3-2-4-7-16)26-21(22-18)23-20(24)17-8-5-13-25-17/h2-13H,1H3,(H,22,23,24). The van der Waals surface area contributed by atoms with E-state index >= 15 is 0 Å². The number of nitrogens with one attached hydrogen (secondary N) is 1. The summed E-state index contributed by atoms with van der Waals surface area (Å²) in [4.78, 5) is 18.8. The van der Waals surface area contributed by atoms with Crippen LogP contribution in [0.25, 0.3) is 21.7 Å². The molecule has 3 nitrogen and oxygen atoms in total. The summed E-state index contributed by atoms with van der Waals surface area (Å²) in [5, 5.41) is 5.44. The van der Waals surface area contributed by atoms with Gasteiger partial charge in [0, 0.05) is 5.56 Å². The Morgan fingerprint density at radius 3 is 2.38 bits per heavy atom. The van der Waals surface area contributed by atoms with Crippen molar-refractivity contribution in [1.82, 2.24) is 4.98 Å². The van der Waals surface area contributed by atoms with Crippen molar-refractivity contribution < 1.29 is 4.79 Å². The first kappa shape index (κ1) is 16.7. The second-order valence-corrected chi connectivity index (χ2v) is 7.81. The van der Waals surface area contributed by atoms with Crippen molar-refractivity contribution in [1.29, 1.82) is 0 Å². The molecule has 0 aliphatic heterocycles. The maximum atomic E-state index is 12.4. The Bertz CT molecular complexity index is 1020. The van der Waals surface area contributed by atoms with Crippen molar-refractivity contribution in [3.05, 3.63) is 82.6 Å². The van der Waals surface area contributed by atoms with Crippen molar-refractivity contribution in [2.75, 3.05) is 5.32 Å². The van der Waals surface area contributed by atoms with Gasteiger partial charge in [-0.2, -0.15) is 0 Å². The number of hydrogen-bond donors (Lipinski definition) is 1. The number of aryl methyl sites for hydroxylation is 1. The lowest BCUT2D eigenvalue weighted by atomic mass is 10.1. The number of carbonyl (C=O) groups excluding carboxylic acids is 1. The predicted molar refractivity (Wildman–Crippen MR) is 110 cm³/mol. The molecular weight excluding hydrogens is 360 g/mol. The minimum Gasteiger partial charge on any atom is -0.297 e. The molecule has 0 atom stereocenters. The molecule has 0 aliphatic carbocycles. The molecule has 4 rings (SSSR count). The van der Waals surface area contributed by atoms with Gasteiger partial charge in [-0.05, 0) is 23.9 Å². The van der Waals surface area contributed by atoms with Gasteiger partial charge in [0.15, 0.2) is 5.13 Å². The summed E-state index contributed by atoms with van der Waals surface area (Å²) in [5.74, 6) is -0.121. The molecule has 0 saturated heterocycles. The lowest BCUT2D eigenvalue weighted by molar-refractivity contribution is 0.103. The lowest BCUT2D eigenvalue weighted by Gasteiger charge is -2.03. The summed E-state index contributed by atoms with van der Waals surface area (Å²) < 4.78 is 0. The molecule has 0 fully saturated rings. The Hall–Kier alpha value is -2.76. The molecule has 128 valence electrons. The number of hydrogen-bond acceptors (Lipinski definition) is 4. The van der Waals surface area contributed by atoms with Gasteiger partial charge in [-0.1, -0.05) is 77.6 Å². The normalized spacial score (nSPS) is 10.7. The van der Waals surface area contributed by atoms with Crippen molar-refractivity contribution in [3.8, 4) is 21.7 Å². The SMILES string of the molecule is Cc1ccc(-c2nc(NC(=O)c3cccs3)sc2-c2ccccc2)cc1.